The molecular formula is C13H14F3N3OS. The number of nitrogens with zero attached hydrogens (tertiary/aromatic N) is 3. The van der Waals surface area contributed by atoms with E-state index in [1.54, 1.807) is 0 Å². The predicted octanol–water partition coefficient (Wildman–Crippen LogP) is 3.41. The standard InChI is InChI=1S/C13H14F3N3OS/c14-13(15,16)9-4-5-11-17-18-12(19(11)7-9)21-8-10-3-1-2-6-20-10/h4-5,7,10H,1-3,6,8H2/t10-/m1/s1. The van der Waals surface area contributed by atoms with Crippen LogP contribution in [-0.4, -0.2) is 33.1 Å². The van der Waals surface area contributed by atoms with Crippen molar-refractivity contribution in [3.05, 3.63) is 23.9 Å². The van der Waals surface area contributed by atoms with E-state index in [2.05, 4.69) is 10.2 Å². The Kier molecular flexibility index (Phi) is 4.08. The molecule has 21 heavy (non-hydrogen) atoms. The number of thioether (sulfide) groups is 1. The second kappa shape index (κ2) is 5.84. The summed E-state index contributed by atoms with van der Waals surface area (Å²) in [6.45, 7) is 0.754. The molecule has 3 rings (SSSR count). The van der Waals surface area contributed by atoms with Crippen molar-refractivity contribution >= 4 is 17.4 Å². The molecule has 1 aliphatic heterocycles. The molecule has 114 valence electrons. The number of alkyl halides is 3. The summed E-state index contributed by atoms with van der Waals surface area (Å²) < 4.78 is 45.2. The summed E-state index contributed by atoms with van der Waals surface area (Å²) in [4.78, 5) is 0. The molecule has 2 aromatic rings. The maximum Gasteiger partial charge on any atom is 0.417 e. The van der Waals surface area contributed by atoms with Gasteiger partial charge in [-0.25, -0.2) is 0 Å². The van der Waals surface area contributed by atoms with Crippen molar-refractivity contribution in [1.82, 2.24) is 14.6 Å². The number of aromatic nitrogens is 3. The monoisotopic (exact) mass is 317 g/mol. The van der Waals surface area contributed by atoms with Crippen molar-refractivity contribution < 1.29 is 17.9 Å². The number of rotatable bonds is 3. The topological polar surface area (TPSA) is 39.4 Å². The average molecular weight is 317 g/mol. The summed E-state index contributed by atoms with van der Waals surface area (Å²) in [5, 5.41) is 8.31. The fourth-order valence-electron chi connectivity index (χ4n) is 2.24. The molecule has 1 atom stereocenters. The normalized spacial score (nSPS) is 20.0. The Morgan fingerprint density at radius 1 is 1.29 bits per heavy atom. The molecule has 4 nitrogen and oxygen atoms in total. The summed E-state index contributed by atoms with van der Waals surface area (Å²) in [6.07, 6.45) is -0.000413. The fourth-order valence-corrected chi connectivity index (χ4v) is 3.22. The summed E-state index contributed by atoms with van der Waals surface area (Å²) in [5.41, 5.74) is -0.291. The van der Waals surface area contributed by atoms with Crippen molar-refractivity contribution in [3.63, 3.8) is 0 Å². The van der Waals surface area contributed by atoms with E-state index in [-0.39, 0.29) is 6.10 Å². The van der Waals surface area contributed by atoms with Crippen molar-refractivity contribution in [3.8, 4) is 0 Å². The van der Waals surface area contributed by atoms with Crippen LogP contribution in [-0.2, 0) is 10.9 Å². The van der Waals surface area contributed by atoms with Gasteiger partial charge in [-0.05, 0) is 31.4 Å². The van der Waals surface area contributed by atoms with E-state index in [0.29, 0.717) is 16.6 Å². The highest BCUT2D eigenvalue weighted by Gasteiger charge is 2.31. The van der Waals surface area contributed by atoms with E-state index < -0.39 is 11.7 Å². The Labute approximate surface area is 123 Å². The van der Waals surface area contributed by atoms with Crippen LogP contribution in [0.15, 0.2) is 23.5 Å². The molecule has 1 fully saturated rings. The number of pyridine rings is 1. The lowest BCUT2D eigenvalue weighted by Crippen LogP contribution is -2.21. The zero-order valence-electron chi connectivity index (χ0n) is 11.1. The van der Waals surface area contributed by atoms with E-state index >= 15 is 0 Å². The predicted molar refractivity (Wildman–Crippen MR) is 72.3 cm³/mol. The van der Waals surface area contributed by atoms with Gasteiger partial charge in [-0.2, -0.15) is 13.2 Å². The SMILES string of the molecule is FC(F)(F)c1ccc2nnc(SC[C@H]3CCCCO3)n2c1. The molecule has 8 heteroatoms. The van der Waals surface area contributed by atoms with Gasteiger partial charge in [-0.1, -0.05) is 11.8 Å². The van der Waals surface area contributed by atoms with Crippen molar-refractivity contribution in [2.45, 2.75) is 36.7 Å². The Bertz CT molecular complexity index is 623. The summed E-state index contributed by atoms with van der Waals surface area (Å²) in [5.74, 6) is 0.678. The van der Waals surface area contributed by atoms with Gasteiger partial charge in [0.2, 0.25) is 0 Å². The third-order valence-corrected chi connectivity index (χ3v) is 4.45. The zero-order chi connectivity index (χ0) is 14.9. The summed E-state index contributed by atoms with van der Waals surface area (Å²) in [7, 11) is 0. The fraction of sp³-hybridized carbons (Fsp3) is 0.538. The molecular weight excluding hydrogens is 303 g/mol. The molecule has 0 aliphatic carbocycles. The van der Waals surface area contributed by atoms with Gasteiger partial charge >= 0.3 is 6.18 Å². The lowest BCUT2D eigenvalue weighted by Gasteiger charge is -2.21. The van der Waals surface area contributed by atoms with Crippen molar-refractivity contribution in [1.29, 1.82) is 0 Å². The smallest absolute Gasteiger partial charge is 0.377 e. The second-order valence-corrected chi connectivity index (χ2v) is 5.91. The molecule has 0 aromatic carbocycles. The molecule has 0 bridgehead atoms. The average Bonchev–Trinajstić information content (AvgIpc) is 2.87. The Balaban J connectivity index is 1.78. The number of ether oxygens (including phenoxy) is 1. The lowest BCUT2D eigenvalue weighted by atomic mass is 10.1. The number of hydrogen-bond donors (Lipinski definition) is 0. The minimum absolute atomic E-state index is 0.141. The Morgan fingerprint density at radius 3 is 2.86 bits per heavy atom. The first-order valence-electron chi connectivity index (χ1n) is 6.70. The largest absolute Gasteiger partial charge is 0.417 e. The molecule has 0 N–H and O–H groups in total. The van der Waals surface area contributed by atoms with E-state index in [1.165, 1.54) is 22.2 Å². The van der Waals surface area contributed by atoms with E-state index in [1.807, 2.05) is 0 Å². The summed E-state index contributed by atoms with van der Waals surface area (Å²) in [6, 6.07) is 2.35. The third kappa shape index (κ3) is 3.32. The summed E-state index contributed by atoms with van der Waals surface area (Å²) >= 11 is 1.38. The molecule has 2 aromatic heterocycles. The van der Waals surface area contributed by atoms with Gasteiger partial charge in [0.05, 0.1) is 11.7 Å². The van der Waals surface area contributed by atoms with Gasteiger partial charge in [-0.3, -0.25) is 4.40 Å². The van der Waals surface area contributed by atoms with E-state index in [0.717, 1.165) is 38.1 Å². The maximum atomic E-state index is 12.7. The molecule has 1 aliphatic rings. The Morgan fingerprint density at radius 2 is 2.14 bits per heavy atom. The first-order chi connectivity index (χ1) is 10.0. The highest BCUT2D eigenvalue weighted by Crippen LogP contribution is 2.30. The number of halogens is 3. The van der Waals surface area contributed by atoms with Gasteiger partial charge < -0.3 is 4.74 Å². The van der Waals surface area contributed by atoms with Gasteiger partial charge in [0.15, 0.2) is 10.8 Å². The van der Waals surface area contributed by atoms with Crippen LogP contribution in [0, 0.1) is 0 Å². The molecule has 0 spiro atoms. The van der Waals surface area contributed by atoms with Gasteiger partial charge in [0.1, 0.15) is 0 Å². The van der Waals surface area contributed by atoms with Crippen LogP contribution in [0.2, 0.25) is 0 Å². The molecule has 1 saturated heterocycles. The highest BCUT2D eigenvalue weighted by atomic mass is 32.2. The van der Waals surface area contributed by atoms with Crippen molar-refractivity contribution in [2.75, 3.05) is 12.4 Å². The van der Waals surface area contributed by atoms with Gasteiger partial charge in [0, 0.05) is 18.6 Å². The molecule has 0 radical (unpaired) electrons. The van der Waals surface area contributed by atoms with Crippen LogP contribution in [0.1, 0.15) is 24.8 Å². The van der Waals surface area contributed by atoms with E-state index in [4.69, 9.17) is 4.74 Å². The van der Waals surface area contributed by atoms with Crippen LogP contribution in [0.25, 0.3) is 5.65 Å². The molecule has 0 saturated carbocycles. The third-order valence-electron chi connectivity index (χ3n) is 3.37. The Hall–Kier alpha value is -1.28. The minimum Gasteiger partial charge on any atom is -0.377 e. The van der Waals surface area contributed by atoms with Gasteiger partial charge in [0.25, 0.3) is 0 Å². The van der Waals surface area contributed by atoms with Crippen LogP contribution in [0.3, 0.4) is 0 Å². The number of hydrogen-bond acceptors (Lipinski definition) is 4. The molecule has 0 unspecified atom stereocenters. The first kappa shape index (κ1) is 14.6. The van der Waals surface area contributed by atoms with Crippen LogP contribution >= 0.6 is 11.8 Å². The second-order valence-electron chi connectivity index (χ2n) is 4.93. The lowest BCUT2D eigenvalue weighted by molar-refractivity contribution is -0.137. The highest BCUT2D eigenvalue weighted by molar-refractivity contribution is 7.99. The van der Waals surface area contributed by atoms with E-state index in [9.17, 15) is 13.2 Å². The maximum absolute atomic E-state index is 12.7. The molecule has 0 amide bonds. The zero-order valence-corrected chi connectivity index (χ0v) is 12.0. The van der Waals surface area contributed by atoms with Crippen LogP contribution in [0.5, 0.6) is 0 Å². The van der Waals surface area contributed by atoms with Gasteiger partial charge in [-0.15, -0.1) is 10.2 Å². The van der Waals surface area contributed by atoms with Crippen LogP contribution < -0.4 is 0 Å². The van der Waals surface area contributed by atoms with Crippen molar-refractivity contribution in [2.24, 2.45) is 0 Å². The minimum atomic E-state index is -4.37. The molecule has 3 heterocycles. The first-order valence-corrected chi connectivity index (χ1v) is 7.69. The van der Waals surface area contributed by atoms with Crippen LogP contribution in [0.4, 0.5) is 13.2 Å². The number of fused-ring (bicyclic) bond motifs is 1. The quantitative estimate of drug-likeness (QED) is 0.813.